The van der Waals surface area contributed by atoms with Crippen molar-refractivity contribution in [2.75, 3.05) is 26.3 Å². The molecular weight excluding hydrogens is 208 g/mol. The topological polar surface area (TPSA) is 59.6 Å². The van der Waals surface area contributed by atoms with Crippen molar-refractivity contribution in [1.82, 2.24) is 10.6 Å². The Bertz CT molecular complexity index is 241. The SMILES string of the molecule is CC1OCCC1NC(=O)CC1CNCCO1. The van der Waals surface area contributed by atoms with Crippen LogP contribution in [0.5, 0.6) is 0 Å². The number of carbonyl (C=O) groups excluding carboxylic acids is 1. The third-order valence-electron chi connectivity index (χ3n) is 3.14. The molecule has 2 N–H and O–H groups in total. The highest BCUT2D eigenvalue weighted by Gasteiger charge is 2.26. The predicted molar refractivity (Wildman–Crippen MR) is 59.2 cm³/mol. The van der Waals surface area contributed by atoms with Gasteiger partial charge in [-0.25, -0.2) is 0 Å². The lowest BCUT2D eigenvalue weighted by molar-refractivity contribution is -0.125. The summed E-state index contributed by atoms with van der Waals surface area (Å²) in [7, 11) is 0. The highest BCUT2D eigenvalue weighted by atomic mass is 16.5. The van der Waals surface area contributed by atoms with Gasteiger partial charge in [0.15, 0.2) is 0 Å². The Balaban J connectivity index is 1.70. The van der Waals surface area contributed by atoms with Crippen LogP contribution in [0.25, 0.3) is 0 Å². The van der Waals surface area contributed by atoms with Gasteiger partial charge in [0.2, 0.25) is 5.91 Å². The van der Waals surface area contributed by atoms with Gasteiger partial charge >= 0.3 is 0 Å². The van der Waals surface area contributed by atoms with Crippen LogP contribution < -0.4 is 10.6 Å². The molecule has 0 saturated carbocycles. The van der Waals surface area contributed by atoms with Crippen molar-refractivity contribution in [2.45, 2.75) is 38.0 Å². The molecule has 2 aliphatic heterocycles. The Morgan fingerprint density at radius 1 is 1.44 bits per heavy atom. The van der Waals surface area contributed by atoms with Crippen LogP contribution in [0.4, 0.5) is 0 Å². The summed E-state index contributed by atoms with van der Waals surface area (Å²) in [4.78, 5) is 11.7. The van der Waals surface area contributed by atoms with Crippen molar-refractivity contribution in [3.05, 3.63) is 0 Å². The second-order valence-electron chi connectivity index (χ2n) is 4.44. The number of ether oxygens (including phenoxy) is 2. The van der Waals surface area contributed by atoms with Crippen molar-refractivity contribution < 1.29 is 14.3 Å². The van der Waals surface area contributed by atoms with Crippen LogP contribution in [0.2, 0.25) is 0 Å². The number of carbonyl (C=O) groups is 1. The van der Waals surface area contributed by atoms with Crippen LogP contribution in [0.15, 0.2) is 0 Å². The van der Waals surface area contributed by atoms with E-state index in [2.05, 4.69) is 10.6 Å². The van der Waals surface area contributed by atoms with Crippen molar-refractivity contribution in [2.24, 2.45) is 0 Å². The third-order valence-corrected chi connectivity index (χ3v) is 3.14. The molecule has 2 heterocycles. The summed E-state index contributed by atoms with van der Waals surface area (Å²) in [5.41, 5.74) is 0. The maximum Gasteiger partial charge on any atom is 0.222 e. The van der Waals surface area contributed by atoms with E-state index >= 15 is 0 Å². The quantitative estimate of drug-likeness (QED) is 0.694. The van der Waals surface area contributed by atoms with E-state index in [9.17, 15) is 4.79 Å². The molecule has 3 atom stereocenters. The number of hydrogen-bond donors (Lipinski definition) is 2. The molecule has 16 heavy (non-hydrogen) atoms. The third kappa shape index (κ3) is 3.17. The fourth-order valence-electron chi connectivity index (χ4n) is 2.14. The number of amides is 1. The van der Waals surface area contributed by atoms with Gasteiger partial charge in [0.1, 0.15) is 0 Å². The number of morpholine rings is 1. The lowest BCUT2D eigenvalue weighted by atomic mass is 10.1. The zero-order valence-electron chi connectivity index (χ0n) is 9.70. The molecule has 3 unspecified atom stereocenters. The van der Waals surface area contributed by atoms with Crippen LogP contribution in [0.3, 0.4) is 0 Å². The van der Waals surface area contributed by atoms with Crippen molar-refractivity contribution in [3.63, 3.8) is 0 Å². The van der Waals surface area contributed by atoms with E-state index < -0.39 is 0 Å². The molecule has 2 saturated heterocycles. The van der Waals surface area contributed by atoms with Crippen LogP contribution in [-0.4, -0.2) is 50.5 Å². The second-order valence-corrected chi connectivity index (χ2v) is 4.44. The molecule has 0 spiro atoms. The summed E-state index contributed by atoms with van der Waals surface area (Å²) in [6.07, 6.45) is 1.51. The molecule has 0 radical (unpaired) electrons. The van der Waals surface area contributed by atoms with Gasteiger partial charge in [0, 0.05) is 19.7 Å². The minimum Gasteiger partial charge on any atom is -0.376 e. The second kappa shape index (κ2) is 5.61. The average molecular weight is 228 g/mol. The molecule has 0 aliphatic carbocycles. The molecule has 2 rings (SSSR count). The summed E-state index contributed by atoms with van der Waals surface area (Å²) in [6.45, 7) is 5.08. The van der Waals surface area contributed by atoms with Crippen molar-refractivity contribution in [1.29, 1.82) is 0 Å². The van der Waals surface area contributed by atoms with E-state index in [0.717, 1.165) is 26.1 Å². The molecular formula is C11H20N2O3. The molecule has 92 valence electrons. The normalized spacial score (nSPS) is 34.9. The summed E-state index contributed by atoms with van der Waals surface area (Å²) in [5, 5.41) is 6.22. The molecule has 0 bridgehead atoms. The molecule has 2 aliphatic rings. The first-order valence-corrected chi connectivity index (χ1v) is 5.99. The van der Waals surface area contributed by atoms with Gasteiger partial charge in [-0.05, 0) is 13.3 Å². The first kappa shape index (κ1) is 11.8. The zero-order chi connectivity index (χ0) is 11.4. The van der Waals surface area contributed by atoms with Crippen LogP contribution in [-0.2, 0) is 14.3 Å². The first-order chi connectivity index (χ1) is 7.75. The molecule has 0 aromatic heterocycles. The van der Waals surface area contributed by atoms with Gasteiger partial charge < -0.3 is 20.1 Å². The maximum absolute atomic E-state index is 11.7. The van der Waals surface area contributed by atoms with E-state index in [1.807, 2.05) is 6.92 Å². The summed E-state index contributed by atoms with van der Waals surface area (Å²) < 4.78 is 10.9. The van der Waals surface area contributed by atoms with E-state index in [1.165, 1.54) is 0 Å². The van der Waals surface area contributed by atoms with Crippen LogP contribution in [0, 0.1) is 0 Å². The monoisotopic (exact) mass is 228 g/mol. The molecule has 5 heteroatoms. The van der Waals surface area contributed by atoms with Gasteiger partial charge in [0.05, 0.1) is 31.3 Å². The van der Waals surface area contributed by atoms with E-state index in [4.69, 9.17) is 9.47 Å². The standard InChI is InChI=1S/C11H20N2O3/c1-8-10(2-4-15-8)13-11(14)6-9-7-12-3-5-16-9/h8-10,12H,2-7H2,1H3,(H,13,14). The fourth-order valence-corrected chi connectivity index (χ4v) is 2.14. The molecule has 1 amide bonds. The minimum atomic E-state index is 0.0198. The molecule has 0 aromatic carbocycles. The van der Waals surface area contributed by atoms with Gasteiger partial charge in [-0.1, -0.05) is 0 Å². The minimum absolute atomic E-state index is 0.0198. The van der Waals surface area contributed by atoms with Crippen molar-refractivity contribution >= 4 is 5.91 Å². The Hall–Kier alpha value is -0.650. The maximum atomic E-state index is 11.7. The Morgan fingerprint density at radius 2 is 2.31 bits per heavy atom. The van der Waals surface area contributed by atoms with E-state index in [-0.39, 0.29) is 24.2 Å². The average Bonchev–Trinajstić information content (AvgIpc) is 2.66. The summed E-state index contributed by atoms with van der Waals surface area (Å²) in [6, 6.07) is 0.170. The highest BCUT2D eigenvalue weighted by molar-refractivity contribution is 5.76. The van der Waals surface area contributed by atoms with Crippen molar-refractivity contribution in [3.8, 4) is 0 Å². The Morgan fingerprint density at radius 3 is 2.94 bits per heavy atom. The van der Waals surface area contributed by atoms with Gasteiger partial charge in [-0.2, -0.15) is 0 Å². The summed E-state index contributed by atoms with van der Waals surface area (Å²) in [5.74, 6) is 0.0658. The predicted octanol–water partition coefficient (Wildman–Crippen LogP) is -0.341. The fraction of sp³-hybridized carbons (Fsp3) is 0.909. The Kier molecular flexibility index (Phi) is 4.15. The van der Waals surface area contributed by atoms with Gasteiger partial charge in [0.25, 0.3) is 0 Å². The first-order valence-electron chi connectivity index (χ1n) is 5.99. The van der Waals surface area contributed by atoms with Crippen LogP contribution in [0.1, 0.15) is 19.8 Å². The number of rotatable bonds is 3. The smallest absolute Gasteiger partial charge is 0.222 e. The van der Waals surface area contributed by atoms with E-state index in [0.29, 0.717) is 13.0 Å². The van der Waals surface area contributed by atoms with Gasteiger partial charge in [-0.15, -0.1) is 0 Å². The summed E-state index contributed by atoms with van der Waals surface area (Å²) >= 11 is 0. The molecule has 0 aromatic rings. The van der Waals surface area contributed by atoms with E-state index in [1.54, 1.807) is 0 Å². The van der Waals surface area contributed by atoms with Crippen LogP contribution >= 0.6 is 0 Å². The molecule has 5 nitrogen and oxygen atoms in total. The van der Waals surface area contributed by atoms with Gasteiger partial charge in [-0.3, -0.25) is 4.79 Å². The number of nitrogens with one attached hydrogen (secondary N) is 2. The zero-order valence-corrected chi connectivity index (χ0v) is 9.70. The highest BCUT2D eigenvalue weighted by Crippen LogP contribution is 2.13. The largest absolute Gasteiger partial charge is 0.376 e. The lowest BCUT2D eigenvalue weighted by Crippen LogP contribution is -2.44. The molecule has 2 fully saturated rings. The number of hydrogen-bond acceptors (Lipinski definition) is 4. The lowest BCUT2D eigenvalue weighted by Gasteiger charge is -2.24. The Labute approximate surface area is 95.9 Å².